The Morgan fingerprint density at radius 3 is 1.33 bits per heavy atom. The third-order valence-corrected chi connectivity index (χ3v) is 12.1. The first-order valence-electron chi connectivity index (χ1n) is 18.3. The van der Waals surface area contributed by atoms with Crippen molar-refractivity contribution in [2.45, 2.75) is 73.0 Å². The lowest BCUT2D eigenvalue weighted by atomic mass is 9.54. The Kier molecular flexibility index (Phi) is 8.90. The van der Waals surface area contributed by atoms with Gasteiger partial charge in [0, 0.05) is 11.4 Å². The highest BCUT2D eigenvalue weighted by Gasteiger charge is 2.77. The first-order valence-corrected chi connectivity index (χ1v) is 18.3. The fourth-order valence-corrected chi connectivity index (χ4v) is 9.91. The van der Waals surface area contributed by atoms with Crippen molar-refractivity contribution in [3.63, 3.8) is 0 Å². The van der Waals surface area contributed by atoms with E-state index in [0.29, 0.717) is 0 Å². The molecule has 2 amide bonds. The normalized spacial score (nSPS) is 27.0. The molecule has 0 spiro atoms. The van der Waals surface area contributed by atoms with Crippen LogP contribution in [-0.2, 0) is 52.3 Å². The standard InChI is InChI=1S/C42H44N6O6/c1-53-37(51)33-23-41(27-17-9-11-19-31(27)45-39(41)47(33)35(49)29(43)21-25-13-5-3-6-14-25)42-24-34(38(52)54-2)48(40(42)46-32-20-12-10-18-28(32)42)36(50)30(44)22-26-15-7-4-8-16-26/h3-20,29-30,33-34,39-40,45-46H,21-24,43-44H2,1-2H3/t29-,30-,33-,34-,39+,40+,41-,42-/m0/s1. The molecule has 2 fully saturated rings. The summed E-state index contributed by atoms with van der Waals surface area (Å²) < 4.78 is 10.8. The first kappa shape index (κ1) is 35.3. The molecular formula is C42H44N6O6. The fourth-order valence-electron chi connectivity index (χ4n) is 9.91. The second-order valence-electron chi connectivity index (χ2n) is 14.7. The van der Waals surface area contributed by atoms with Crippen molar-refractivity contribution in [3.8, 4) is 0 Å². The summed E-state index contributed by atoms with van der Waals surface area (Å²) in [5.74, 6) is -2.02. The molecule has 4 aromatic rings. The zero-order valence-electron chi connectivity index (χ0n) is 30.2. The van der Waals surface area contributed by atoms with E-state index in [1.165, 1.54) is 14.2 Å². The molecule has 12 nitrogen and oxygen atoms in total. The fraction of sp³-hybridized carbons (Fsp3) is 0.333. The molecule has 0 aliphatic carbocycles. The lowest BCUT2D eigenvalue weighted by molar-refractivity contribution is -0.152. The van der Waals surface area contributed by atoms with Crippen molar-refractivity contribution in [1.29, 1.82) is 0 Å². The summed E-state index contributed by atoms with van der Waals surface area (Å²) in [6.07, 6.45) is -0.903. The predicted octanol–water partition coefficient (Wildman–Crippen LogP) is 3.05. The molecule has 12 heteroatoms. The largest absolute Gasteiger partial charge is 0.467 e. The van der Waals surface area contributed by atoms with Gasteiger partial charge in [0.2, 0.25) is 11.8 Å². The molecule has 278 valence electrons. The summed E-state index contributed by atoms with van der Waals surface area (Å²) in [7, 11) is 2.61. The van der Waals surface area contributed by atoms with Crippen LogP contribution in [0.5, 0.6) is 0 Å². The number of rotatable bonds is 9. The van der Waals surface area contributed by atoms with Gasteiger partial charge in [-0.3, -0.25) is 9.59 Å². The second-order valence-corrected chi connectivity index (χ2v) is 14.7. The number of anilines is 2. The average Bonchev–Trinajstić information content (AvgIpc) is 3.91. The number of hydrogen-bond donors (Lipinski definition) is 4. The number of carbonyl (C=O) groups excluding carboxylic acids is 4. The summed E-state index contributed by atoms with van der Waals surface area (Å²) in [4.78, 5) is 60.6. The topological polar surface area (TPSA) is 169 Å². The van der Waals surface area contributed by atoms with E-state index in [-0.39, 0.29) is 25.7 Å². The Hall–Kier alpha value is -5.72. The number of carbonyl (C=O) groups is 4. The second kappa shape index (κ2) is 13.6. The molecule has 8 rings (SSSR count). The lowest BCUT2D eigenvalue weighted by Crippen LogP contribution is -2.63. The van der Waals surface area contributed by atoms with Crippen molar-refractivity contribution < 1.29 is 28.7 Å². The van der Waals surface area contributed by atoms with Crippen LogP contribution in [0.15, 0.2) is 109 Å². The summed E-state index contributed by atoms with van der Waals surface area (Å²) in [6, 6.07) is 30.5. The molecule has 4 aliphatic rings. The number of nitrogens with zero attached hydrogens (tertiary/aromatic N) is 2. The number of likely N-dealkylation sites (tertiary alicyclic amines) is 2. The van der Waals surface area contributed by atoms with E-state index in [1.807, 2.05) is 109 Å². The zero-order chi connectivity index (χ0) is 37.8. The minimum Gasteiger partial charge on any atom is -0.467 e. The number of nitrogens with two attached hydrogens (primary N) is 2. The number of para-hydroxylation sites is 2. The number of nitrogens with one attached hydrogen (secondary N) is 2. The van der Waals surface area contributed by atoms with Gasteiger partial charge in [-0.1, -0.05) is 97.1 Å². The number of methoxy groups -OCH3 is 2. The van der Waals surface area contributed by atoms with Gasteiger partial charge < -0.3 is 41.4 Å². The summed E-state index contributed by atoms with van der Waals surface area (Å²) in [5.41, 5.74) is 16.3. The van der Waals surface area contributed by atoms with Gasteiger partial charge >= 0.3 is 11.9 Å². The van der Waals surface area contributed by atoms with Crippen molar-refractivity contribution in [1.82, 2.24) is 9.80 Å². The molecule has 0 unspecified atom stereocenters. The van der Waals surface area contributed by atoms with Gasteiger partial charge in [0.05, 0.1) is 37.1 Å². The SMILES string of the molecule is COC(=O)[C@@H]1C[C@]2([C@]34C[C@@H](C(=O)OC)N(C(=O)[C@@H](N)Cc5ccccc5)[C@H]3Nc3ccccc34)c3ccccc3N[C@@H]2N1C(=O)[C@@H](N)Cc1ccccc1. The molecule has 4 heterocycles. The van der Waals surface area contributed by atoms with Crippen LogP contribution in [-0.4, -0.2) is 84.3 Å². The lowest BCUT2D eigenvalue weighted by Gasteiger charge is -2.48. The molecule has 0 aromatic heterocycles. The van der Waals surface area contributed by atoms with Crippen LogP contribution in [0.1, 0.15) is 35.1 Å². The van der Waals surface area contributed by atoms with Gasteiger partial charge in [0.1, 0.15) is 24.4 Å². The van der Waals surface area contributed by atoms with Crippen molar-refractivity contribution in [2.24, 2.45) is 11.5 Å². The first-order chi connectivity index (χ1) is 26.2. The van der Waals surface area contributed by atoms with Crippen LogP contribution in [0.4, 0.5) is 11.4 Å². The third-order valence-electron chi connectivity index (χ3n) is 12.1. The van der Waals surface area contributed by atoms with Crippen molar-refractivity contribution >= 4 is 35.1 Å². The Morgan fingerprint density at radius 1 is 0.611 bits per heavy atom. The van der Waals surface area contributed by atoms with Gasteiger partial charge in [-0.25, -0.2) is 9.59 Å². The molecule has 4 aromatic carbocycles. The van der Waals surface area contributed by atoms with E-state index in [4.69, 9.17) is 20.9 Å². The number of esters is 2. The van der Waals surface area contributed by atoms with E-state index >= 15 is 0 Å². The molecule has 6 N–H and O–H groups in total. The molecule has 0 bridgehead atoms. The van der Waals surface area contributed by atoms with Gasteiger partial charge in [-0.05, 0) is 60.1 Å². The molecule has 2 saturated heterocycles. The van der Waals surface area contributed by atoms with Gasteiger partial charge in [-0.2, -0.15) is 0 Å². The maximum atomic E-state index is 14.8. The average molecular weight is 729 g/mol. The van der Waals surface area contributed by atoms with Gasteiger partial charge in [-0.15, -0.1) is 0 Å². The molecule has 4 aliphatic heterocycles. The van der Waals surface area contributed by atoms with E-state index in [2.05, 4.69) is 10.6 Å². The van der Waals surface area contributed by atoms with E-state index < -0.39 is 71.1 Å². The van der Waals surface area contributed by atoms with Crippen molar-refractivity contribution in [3.05, 3.63) is 131 Å². The van der Waals surface area contributed by atoms with Crippen LogP contribution in [0.3, 0.4) is 0 Å². The molecule has 54 heavy (non-hydrogen) atoms. The molecule has 0 radical (unpaired) electrons. The predicted molar refractivity (Wildman–Crippen MR) is 202 cm³/mol. The maximum absolute atomic E-state index is 14.8. The summed E-state index contributed by atoms with van der Waals surface area (Å²) in [5, 5.41) is 7.28. The van der Waals surface area contributed by atoms with E-state index in [9.17, 15) is 19.2 Å². The number of fused-ring (bicyclic) bond motifs is 7. The minimum absolute atomic E-state index is 0.122. The van der Waals surface area contributed by atoms with Crippen LogP contribution in [0.2, 0.25) is 0 Å². The van der Waals surface area contributed by atoms with Crippen molar-refractivity contribution in [2.75, 3.05) is 24.9 Å². The van der Waals surface area contributed by atoms with Crippen LogP contribution >= 0.6 is 0 Å². The third kappa shape index (κ3) is 5.18. The monoisotopic (exact) mass is 728 g/mol. The van der Waals surface area contributed by atoms with Gasteiger partial charge in [0.15, 0.2) is 0 Å². The number of hydrogen-bond acceptors (Lipinski definition) is 10. The molecule has 0 saturated carbocycles. The van der Waals surface area contributed by atoms with E-state index in [0.717, 1.165) is 33.6 Å². The Balaban J connectivity index is 1.31. The Bertz CT molecular complexity index is 1950. The Morgan fingerprint density at radius 2 is 0.963 bits per heavy atom. The molecule has 8 atom stereocenters. The number of benzene rings is 4. The highest BCUT2D eigenvalue weighted by atomic mass is 16.5. The number of ether oxygens (including phenoxy) is 2. The van der Waals surface area contributed by atoms with E-state index in [1.54, 1.807) is 9.80 Å². The minimum atomic E-state index is -1.10. The maximum Gasteiger partial charge on any atom is 0.328 e. The summed E-state index contributed by atoms with van der Waals surface area (Å²) in [6.45, 7) is 0. The zero-order valence-corrected chi connectivity index (χ0v) is 30.2. The van der Waals surface area contributed by atoms with Crippen LogP contribution < -0.4 is 22.1 Å². The summed E-state index contributed by atoms with van der Waals surface area (Å²) >= 11 is 0. The quantitative estimate of drug-likeness (QED) is 0.188. The highest BCUT2D eigenvalue weighted by molar-refractivity contribution is 5.93. The highest BCUT2D eigenvalue weighted by Crippen LogP contribution is 2.68. The molecular weight excluding hydrogens is 684 g/mol. The smallest absolute Gasteiger partial charge is 0.328 e. The Labute approximate surface area is 313 Å². The van der Waals surface area contributed by atoms with Gasteiger partial charge in [0.25, 0.3) is 0 Å². The number of amides is 2. The van der Waals surface area contributed by atoms with Crippen LogP contribution in [0, 0.1) is 0 Å². The van der Waals surface area contributed by atoms with Crippen LogP contribution in [0.25, 0.3) is 0 Å².